The number of hydrogen-bond acceptors (Lipinski definition) is 7. The molecule has 0 fully saturated rings. The third kappa shape index (κ3) is 4.78. The minimum Gasteiger partial charge on any atom is -0.481 e. The number of amides is 2. The summed E-state index contributed by atoms with van der Waals surface area (Å²) < 4.78 is 6.66. The van der Waals surface area contributed by atoms with Gasteiger partial charge in [0, 0.05) is 38.5 Å². The van der Waals surface area contributed by atoms with Crippen LogP contribution < -0.4 is 10.1 Å². The molecule has 0 atom stereocenters. The van der Waals surface area contributed by atoms with Crippen molar-refractivity contribution in [3.63, 3.8) is 0 Å². The van der Waals surface area contributed by atoms with Crippen molar-refractivity contribution in [2.24, 2.45) is 0 Å². The van der Waals surface area contributed by atoms with Gasteiger partial charge in [-0.05, 0) is 24.6 Å². The number of methoxy groups -OCH3 is 1. The monoisotopic (exact) mass is 410 g/mol. The standard InChI is InChI=1S/C20H22N6O4/c1-25(10-5-11-27)20(29)19(28)23-17-12-16(15-6-3-4-9-21-15)26(24-17)14-7-8-18(30-2)22-13-14/h3-4,6-9,12-13,27H,5,10-11H2,1-2H3,(H,23,24,28). The van der Waals surface area contributed by atoms with E-state index in [1.807, 2.05) is 12.1 Å². The van der Waals surface area contributed by atoms with Crippen LogP contribution in [0.3, 0.4) is 0 Å². The molecule has 10 heteroatoms. The van der Waals surface area contributed by atoms with Crippen LogP contribution in [-0.2, 0) is 9.59 Å². The fourth-order valence-corrected chi connectivity index (χ4v) is 2.71. The Balaban J connectivity index is 1.90. The van der Waals surface area contributed by atoms with Gasteiger partial charge in [-0.1, -0.05) is 6.07 Å². The fraction of sp³-hybridized carbons (Fsp3) is 0.250. The zero-order valence-electron chi connectivity index (χ0n) is 16.6. The summed E-state index contributed by atoms with van der Waals surface area (Å²) in [7, 11) is 3.02. The topological polar surface area (TPSA) is 122 Å². The number of rotatable bonds is 7. The van der Waals surface area contributed by atoms with Crippen LogP contribution in [0.4, 0.5) is 5.82 Å². The lowest BCUT2D eigenvalue weighted by Crippen LogP contribution is -2.37. The number of aliphatic hydroxyl groups excluding tert-OH is 1. The Kier molecular flexibility index (Phi) is 6.71. The van der Waals surface area contributed by atoms with Crippen LogP contribution >= 0.6 is 0 Å². The van der Waals surface area contributed by atoms with Crippen molar-refractivity contribution < 1.29 is 19.4 Å². The summed E-state index contributed by atoms with van der Waals surface area (Å²) in [5, 5.41) is 15.8. The molecule has 3 rings (SSSR count). The molecule has 3 aromatic rings. The van der Waals surface area contributed by atoms with Gasteiger partial charge in [-0.2, -0.15) is 0 Å². The number of carbonyl (C=O) groups is 2. The van der Waals surface area contributed by atoms with Gasteiger partial charge in [-0.3, -0.25) is 14.6 Å². The Hall–Kier alpha value is -3.79. The number of nitrogens with one attached hydrogen (secondary N) is 1. The van der Waals surface area contributed by atoms with Crippen molar-refractivity contribution in [3.05, 3.63) is 48.8 Å². The van der Waals surface area contributed by atoms with Crippen molar-refractivity contribution in [3.8, 4) is 23.0 Å². The van der Waals surface area contributed by atoms with E-state index in [4.69, 9.17) is 9.84 Å². The van der Waals surface area contributed by atoms with Crippen LogP contribution in [0.25, 0.3) is 17.1 Å². The quantitative estimate of drug-likeness (QED) is 0.560. The minimum atomic E-state index is -0.819. The number of hydrogen-bond donors (Lipinski definition) is 2. The molecule has 0 aliphatic carbocycles. The highest BCUT2D eigenvalue weighted by molar-refractivity contribution is 6.39. The minimum absolute atomic E-state index is 0.0625. The maximum absolute atomic E-state index is 12.3. The number of likely N-dealkylation sites (N-methyl/N-ethyl adjacent to an activating group) is 1. The number of aromatic nitrogens is 4. The van der Waals surface area contributed by atoms with Gasteiger partial charge in [-0.15, -0.1) is 5.10 Å². The van der Waals surface area contributed by atoms with Crippen molar-refractivity contribution in [1.29, 1.82) is 0 Å². The Morgan fingerprint density at radius 1 is 1.23 bits per heavy atom. The Labute approximate surface area is 173 Å². The second-order valence-electron chi connectivity index (χ2n) is 6.36. The van der Waals surface area contributed by atoms with E-state index < -0.39 is 11.8 Å². The normalized spacial score (nSPS) is 10.5. The number of carbonyl (C=O) groups excluding carboxylic acids is 2. The average molecular weight is 410 g/mol. The zero-order valence-corrected chi connectivity index (χ0v) is 16.6. The van der Waals surface area contributed by atoms with Gasteiger partial charge < -0.3 is 20.1 Å². The predicted octanol–water partition coefficient (Wildman–Crippen LogP) is 1.12. The molecule has 0 radical (unpaired) electrons. The number of anilines is 1. The maximum Gasteiger partial charge on any atom is 0.315 e. The molecule has 0 aliphatic heterocycles. The largest absolute Gasteiger partial charge is 0.481 e. The summed E-state index contributed by atoms with van der Waals surface area (Å²) in [6.07, 6.45) is 3.62. The molecule has 3 aromatic heterocycles. The SMILES string of the molecule is COc1ccc(-n2nc(NC(=O)C(=O)N(C)CCCO)cc2-c2ccccn2)cn1. The van der Waals surface area contributed by atoms with E-state index in [-0.39, 0.29) is 19.0 Å². The molecule has 0 saturated heterocycles. The molecule has 0 spiro atoms. The zero-order chi connectivity index (χ0) is 21.5. The van der Waals surface area contributed by atoms with Crippen LogP contribution in [0, 0.1) is 0 Å². The first kappa shape index (κ1) is 20.9. The van der Waals surface area contributed by atoms with Crippen molar-refractivity contribution >= 4 is 17.6 Å². The van der Waals surface area contributed by atoms with E-state index >= 15 is 0 Å². The van der Waals surface area contributed by atoms with Gasteiger partial charge in [0.25, 0.3) is 0 Å². The Morgan fingerprint density at radius 2 is 2.07 bits per heavy atom. The molecule has 0 unspecified atom stereocenters. The van der Waals surface area contributed by atoms with E-state index in [1.54, 1.807) is 41.3 Å². The number of aliphatic hydroxyl groups is 1. The van der Waals surface area contributed by atoms with Crippen LogP contribution in [0.1, 0.15) is 6.42 Å². The second kappa shape index (κ2) is 9.61. The first-order valence-electron chi connectivity index (χ1n) is 9.22. The third-order valence-electron chi connectivity index (χ3n) is 4.25. The summed E-state index contributed by atoms with van der Waals surface area (Å²) in [4.78, 5) is 34.3. The summed E-state index contributed by atoms with van der Waals surface area (Å²) in [5.74, 6) is -0.889. The number of nitrogens with zero attached hydrogens (tertiary/aromatic N) is 5. The molecule has 30 heavy (non-hydrogen) atoms. The highest BCUT2D eigenvalue weighted by atomic mass is 16.5. The molecule has 0 saturated carbocycles. The highest BCUT2D eigenvalue weighted by Crippen LogP contribution is 2.24. The Bertz CT molecular complexity index is 1000. The molecule has 2 N–H and O–H groups in total. The van der Waals surface area contributed by atoms with Gasteiger partial charge in [0.05, 0.1) is 30.4 Å². The molecule has 3 heterocycles. The Morgan fingerprint density at radius 3 is 2.70 bits per heavy atom. The lowest BCUT2D eigenvalue weighted by Gasteiger charge is -2.15. The van der Waals surface area contributed by atoms with Gasteiger partial charge in [0.15, 0.2) is 5.82 Å². The van der Waals surface area contributed by atoms with Gasteiger partial charge in [0.1, 0.15) is 0 Å². The van der Waals surface area contributed by atoms with Crippen LogP contribution in [-0.4, -0.2) is 68.9 Å². The smallest absolute Gasteiger partial charge is 0.315 e. The van der Waals surface area contributed by atoms with E-state index in [9.17, 15) is 9.59 Å². The first-order valence-corrected chi connectivity index (χ1v) is 9.22. The summed E-state index contributed by atoms with van der Waals surface area (Å²) in [5.41, 5.74) is 1.87. The fourth-order valence-electron chi connectivity index (χ4n) is 2.71. The van der Waals surface area contributed by atoms with Crippen LogP contribution in [0.15, 0.2) is 48.8 Å². The van der Waals surface area contributed by atoms with Gasteiger partial charge in [-0.25, -0.2) is 9.67 Å². The number of ether oxygens (including phenoxy) is 1. The molecular weight excluding hydrogens is 388 g/mol. The van der Waals surface area contributed by atoms with Crippen molar-refractivity contribution in [1.82, 2.24) is 24.6 Å². The lowest BCUT2D eigenvalue weighted by molar-refractivity contribution is -0.142. The average Bonchev–Trinajstić information content (AvgIpc) is 3.21. The number of pyridine rings is 2. The second-order valence-corrected chi connectivity index (χ2v) is 6.36. The molecule has 0 aromatic carbocycles. The molecular formula is C20H22N6O4. The summed E-state index contributed by atoms with van der Waals surface area (Å²) in [6.45, 7) is 0.209. The van der Waals surface area contributed by atoms with E-state index in [1.165, 1.54) is 19.1 Å². The van der Waals surface area contributed by atoms with E-state index in [0.717, 1.165) is 0 Å². The summed E-state index contributed by atoms with van der Waals surface area (Å²) in [6, 6.07) is 10.5. The van der Waals surface area contributed by atoms with Gasteiger partial charge >= 0.3 is 11.8 Å². The van der Waals surface area contributed by atoms with Crippen molar-refractivity contribution in [2.45, 2.75) is 6.42 Å². The first-order chi connectivity index (χ1) is 14.5. The van der Waals surface area contributed by atoms with Crippen molar-refractivity contribution in [2.75, 3.05) is 32.6 Å². The molecule has 10 nitrogen and oxygen atoms in total. The van der Waals surface area contributed by atoms with Crippen LogP contribution in [0.2, 0.25) is 0 Å². The van der Waals surface area contributed by atoms with E-state index in [2.05, 4.69) is 20.4 Å². The third-order valence-corrected chi connectivity index (χ3v) is 4.25. The molecule has 0 aliphatic rings. The van der Waals surface area contributed by atoms with E-state index in [0.29, 0.717) is 29.4 Å². The molecule has 156 valence electrons. The maximum atomic E-state index is 12.3. The summed E-state index contributed by atoms with van der Waals surface area (Å²) >= 11 is 0. The predicted molar refractivity (Wildman–Crippen MR) is 109 cm³/mol. The molecule has 2 amide bonds. The highest BCUT2D eigenvalue weighted by Gasteiger charge is 2.21. The van der Waals surface area contributed by atoms with Gasteiger partial charge in [0.2, 0.25) is 5.88 Å². The van der Waals surface area contributed by atoms with Crippen LogP contribution in [0.5, 0.6) is 5.88 Å². The molecule has 0 bridgehead atoms. The lowest BCUT2D eigenvalue weighted by atomic mass is 10.2.